The number of benzene rings is 1. The number of halogens is 1. The molecule has 0 bridgehead atoms. The Kier molecular flexibility index (Phi) is 2.36. The van der Waals surface area contributed by atoms with Gasteiger partial charge in [-0.05, 0) is 12.1 Å². The molecule has 4 nitrogen and oxygen atoms in total. The van der Waals surface area contributed by atoms with Gasteiger partial charge in [-0.1, -0.05) is 17.7 Å². The van der Waals surface area contributed by atoms with Crippen LogP contribution in [-0.4, -0.2) is 9.49 Å². The third kappa shape index (κ3) is 1.80. The van der Waals surface area contributed by atoms with Crippen LogP contribution in [0.1, 0.15) is 5.56 Å². The van der Waals surface area contributed by atoms with E-state index in [1.54, 1.807) is 18.3 Å². The van der Waals surface area contributed by atoms with Crippen molar-refractivity contribution < 1.29 is 4.92 Å². The normalized spacial score (nSPS) is 10.8. The van der Waals surface area contributed by atoms with Crippen molar-refractivity contribution in [3.05, 3.63) is 45.1 Å². The molecule has 0 radical (unpaired) electrons. The number of nitro groups is 1. The predicted molar refractivity (Wildman–Crippen MR) is 58.6 cm³/mol. The highest BCUT2D eigenvalue weighted by Crippen LogP contribution is 2.24. The van der Waals surface area contributed by atoms with Gasteiger partial charge in [0.25, 0.3) is 0 Å². The molecule has 1 aromatic heterocycles. The highest BCUT2D eigenvalue weighted by molar-refractivity contribution is 6.31. The third-order valence-corrected chi connectivity index (χ3v) is 2.57. The van der Waals surface area contributed by atoms with Crippen molar-refractivity contribution in [1.82, 2.24) is 4.57 Å². The Bertz CT molecular complexity index is 533. The van der Waals surface area contributed by atoms with Gasteiger partial charge < -0.3 is 4.57 Å². The zero-order valence-electron chi connectivity index (χ0n) is 8.11. The quantitative estimate of drug-likeness (QED) is 0.582. The van der Waals surface area contributed by atoms with Crippen molar-refractivity contribution in [2.45, 2.75) is 6.54 Å². The summed E-state index contributed by atoms with van der Waals surface area (Å²) in [5.41, 5.74) is 1.63. The van der Waals surface area contributed by atoms with E-state index < -0.39 is 0 Å². The number of hydrogen-bond donors (Lipinski definition) is 0. The summed E-state index contributed by atoms with van der Waals surface area (Å²) in [6, 6.07) is 5.37. The van der Waals surface area contributed by atoms with Gasteiger partial charge in [-0.25, -0.2) is 0 Å². The molecule has 0 N–H and O–H groups in total. The van der Waals surface area contributed by atoms with Gasteiger partial charge in [-0.2, -0.15) is 0 Å². The van der Waals surface area contributed by atoms with Crippen LogP contribution < -0.4 is 0 Å². The smallest absolute Gasteiger partial charge is 0.230 e. The number of aromatic nitrogens is 1. The summed E-state index contributed by atoms with van der Waals surface area (Å²) in [5.74, 6) is 0. The first kappa shape index (κ1) is 9.98. The Hall–Kier alpha value is -1.55. The van der Waals surface area contributed by atoms with Gasteiger partial charge in [0.1, 0.15) is 0 Å². The molecule has 15 heavy (non-hydrogen) atoms. The summed E-state index contributed by atoms with van der Waals surface area (Å²) in [6.07, 6.45) is 1.77. The minimum atomic E-state index is -0.330. The Morgan fingerprint density at radius 3 is 2.93 bits per heavy atom. The number of fused-ring (bicyclic) bond motifs is 1. The fourth-order valence-corrected chi connectivity index (χ4v) is 1.87. The maximum atomic E-state index is 10.5. The molecule has 0 aliphatic carbocycles. The van der Waals surface area contributed by atoms with Gasteiger partial charge in [-0.15, -0.1) is 0 Å². The van der Waals surface area contributed by atoms with E-state index in [1.807, 2.05) is 17.7 Å². The average molecular weight is 225 g/mol. The molecule has 0 atom stereocenters. The molecule has 0 aliphatic rings. The third-order valence-electron chi connectivity index (χ3n) is 2.33. The van der Waals surface area contributed by atoms with Crippen molar-refractivity contribution in [2.75, 3.05) is 0 Å². The van der Waals surface area contributed by atoms with Crippen molar-refractivity contribution in [3.8, 4) is 0 Å². The SMILES string of the molecule is Cn1cc(C[N+](=O)[O-])c2ccc(Cl)cc21. The second-order valence-corrected chi connectivity index (χ2v) is 3.85. The first-order valence-electron chi connectivity index (χ1n) is 4.43. The lowest BCUT2D eigenvalue weighted by Gasteiger charge is -1.96. The topological polar surface area (TPSA) is 48.1 Å². The molecule has 0 saturated heterocycles. The fourth-order valence-electron chi connectivity index (χ4n) is 1.71. The van der Waals surface area contributed by atoms with Gasteiger partial charge in [0.15, 0.2) is 0 Å². The number of rotatable bonds is 2. The highest BCUT2D eigenvalue weighted by Gasteiger charge is 2.11. The molecule has 78 valence electrons. The van der Waals surface area contributed by atoms with E-state index in [2.05, 4.69) is 0 Å². The largest absolute Gasteiger partial charge is 0.350 e. The van der Waals surface area contributed by atoms with Gasteiger partial charge in [-0.3, -0.25) is 10.1 Å². The van der Waals surface area contributed by atoms with Crippen LogP contribution in [-0.2, 0) is 13.6 Å². The second kappa shape index (κ2) is 3.55. The van der Waals surface area contributed by atoms with E-state index in [9.17, 15) is 10.1 Å². The van der Waals surface area contributed by atoms with E-state index in [-0.39, 0.29) is 11.5 Å². The monoisotopic (exact) mass is 224 g/mol. The van der Waals surface area contributed by atoms with Gasteiger partial charge in [0, 0.05) is 39.7 Å². The number of nitrogens with zero attached hydrogens (tertiary/aromatic N) is 2. The molecule has 1 heterocycles. The Morgan fingerprint density at radius 2 is 2.27 bits per heavy atom. The molecule has 0 saturated carbocycles. The van der Waals surface area contributed by atoms with Crippen LogP contribution in [0.25, 0.3) is 10.9 Å². The van der Waals surface area contributed by atoms with E-state index in [4.69, 9.17) is 11.6 Å². The highest BCUT2D eigenvalue weighted by atomic mass is 35.5. The van der Waals surface area contributed by atoms with E-state index in [1.165, 1.54) is 0 Å². The summed E-state index contributed by atoms with van der Waals surface area (Å²) >= 11 is 5.86. The van der Waals surface area contributed by atoms with Crippen LogP contribution >= 0.6 is 11.6 Å². The molecule has 5 heteroatoms. The zero-order chi connectivity index (χ0) is 11.0. The molecule has 0 aliphatic heterocycles. The van der Waals surface area contributed by atoms with E-state index >= 15 is 0 Å². The first-order valence-corrected chi connectivity index (χ1v) is 4.81. The van der Waals surface area contributed by atoms with Crippen LogP contribution in [0.15, 0.2) is 24.4 Å². The minimum Gasteiger partial charge on any atom is -0.350 e. The lowest BCUT2D eigenvalue weighted by Crippen LogP contribution is -1.96. The maximum Gasteiger partial charge on any atom is 0.230 e. The lowest BCUT2D eigenvalue weighted by atomic mass is 10.2. The first-order chi connectivity index (χ1) is 7.08. The van der Waals surface area contributed by atoms with Crippen LogP contribution in [0.3, 0.4) is 0 Å². The molecular weight excluding hydrogens is 216 g/mol. The molecule has 2 aromatic rings. The molecule has 0 spiro atoms. The maximum absolute atomic E-state index is 10.5. The van der Waals surface area contributed by atoms with Gasteiger partial charge in [0.05, 0.1) is 0 Å². The van der Waals surface area contributed by atoms with Gasteiger partial charge >= 0.3 is 0 Å². The Morgan fingerprint density at radius 1 is 1.53 bits per heavy atom. The van der Waals surface area contributed by atoms with Crippen molar-refractivity contribution in [2.24, 2.45) is 7.05 Å². The van der Waals surface area contributed by atoms with Crippen LogP contribution in [0.2, 0.25) is 5.02 Å². The molecule has 0 amide bonds. The minimum absolute atomic E-state index is 0.154. The molecule has 0 fully saturated rings. The number of hydrogen-bond acceptors (Lipinski definition) is 2. The van der Waals surface area contributed by atoms with Crippen LogP contribution in [0.5, 0.6) is 0 Å². The second-order valence-electron chi connectivity index (χ2n) is 3.42. The summed E-state index contributed by atoms with van der Waals surface area (Å²) in [7, 11) is 1.85. The van der Waals surface area contributed by atoms with Crippen molar-refractivity contribution in [1.29, 1.82) is 0 Å². The van der Waals surface area contributed by atoms with Crippen molar-refractivity contribution in [3.63, 3.8) is 0 Å². The Balaban J connectivity index is 2.62. The Labute approximate surface area is 91.2 Å². The molecule has 2 rings (SSSR count). The van der Waals surface area contributed by atoms with Crippen LogP contribution in [0, 0.1) is 10.1 Å². The summed E-state index contributed by atoms with van der Waals surface area (Å²) in [4.78, 5) is 10.1. The summed E-state index contributed by atoms with van der Waals surface area (Å²) < 4.78 is 1.85. The van der Waals surface area contributed by atoms with E-state index in [0.29, 0.717) is 10.6 Å². The van der Waals surface area contributed by atoms with Gasteiger partial charge in [0.2, 0.25) is 6.54 Å². The predicted octanol–water partition coefficient (Wildman–Crippen LogP) is 2.61. The zero-order valence-corrected chi connectivity index (χ0v) is 8.86. The van der Waals surface area contributed by atoms with E-state index in [0.717, 1.165) is 10.9 Å². The number of aryl methyl sites for hydroxylation is 1. The summed E-state index contributed by atoms with van der Waals surface area (Å²) in [5, 5.41) is 12.0. The standard InChI is InChI=1S/C10H9ClN2O2/c1-12-5-7(6-13(14)15)9-3-2-8(11)4-10(9)12/h2-5H,6H2,1H3. The molecule has 0 unspecified atom stereocenters. The fraction of sp³-hybridized carbons (Fsp3) is 0.200. The summed E-state index contributed by atoms with van der Waals surface area (Å²) in [6.45, 7) is -0.154. The molecule has 1 aromatic carbocycles. The van der Waals surface area contributed by atoms with Crippen LogP contribution in [0.4, 0.5) is 0 Å². The average Bonchev–Trinajstić information content (AvgIpc) is 2.42. The molecular formula is C10H9ClN2O2. The van der Waals surface area contributed by atoms with Crippen molar-refractivity contribution >= 4 is 22.5 Å². The lowest BCUT2D eigenvalue weighted by molar-refractivity contribution is -0.496.